The van der Waals surface area contributed by atoms with Gasteiger partial charge < -0.3 is 10.5 Å². The van der Waals surface area contributed by atoms with E-state index >= 15 is 0 Å². The van der Waals surface area contributed by atoms with Crippen LogP contribution >= 0.6 is 0 Å². The van der Waals surface area contributed by atoms with Crippen molar-refractivity contribution in [3.63, 3.8) is 0 Å². The van der Waals surface area contributed by atoms with Crippen LogP contribution in [0.1, 0.15) is 19.8 Å². The molecule has 0 aromatic heterocycles. The van der Waals surface area contributed by atoms with Crippen molar-refractivity contribution < 1.29 is 17.9 Å². The Balaban J connectivity index is 2.09. The van der Waals surface area contributed by atoms with Crippen molar-refractivity contribution in [2.24, 2.45) is 23.5 Å². The van der Waals surface area contributed by atoms with E-state index in [9.17, 15) is 13.2 Å². The summed E-state index contributed by atoms with van der Waals surface area (Å²) < 4.78 is 43.1. The number of alkyl halides is 3. The number of hydrogen-bond donors (Lipinski definition) is 1. The molecule has 2 aliphatic rings. The lowest BCUT2D eigenvalue weighted by atomic mass is 9.73. The van der Waals surface area contributed by atoms with E-state index in [0.29, 0.717) is 12.5 Å². The zero-order chi connectivity index (χ0) is 11.2. The van der Waals surface area contributed by atoms with Gasteiger partial charge in [0.1, 0.15) is 0 Å². The summed E-state index contributed by atoms with van der Waals surface area (Å²) in [4.78, 5) is 0. The van der Waals surface area contributed by atoms with E-state index < -0.39 is 12.1 Å². The van der Waals surface area contributed by atoms with Crippen LogP contribution in [0.4, 0.5) is 13.2 Å². The molecule has 5 atom stereocenters. The SMILES string of the molecule is CC1COC2CC(C(F)(F)F)CC(N)C12. The largest absolute Gasteiger partial charge is 0.391 e. The van der Waals surface area contributed by atoms with Crippen LogP contribution in [0.25, 0.3) is 0 Å². The molecule has 0 aromatic carbocycles. The van der Waals surface area contributed by atoms with E-state index in [1.54, 1.807) is 0 Å². The Morgan fingerprint density at radius 1 is 1.27 bits per heavy atom. The number of nitrogens with two attached hydrogens (primary N) is 1. The monoisotopic (exact) mass is 223 g/mol. The molecule has 0 spiro atoms. The zero-order valence-corrected chi connectivity index (χ0v) is 8.63. The first-order valence-electron chi connectivity index (χ1n) is 5.33. The molecule has 2 nitrogen and oxygen atoms in total. The molecule has 0 bridgehead atoms. The van der Waals surface area contributed by atoms with Gasteiger partial charge in [-0.1, -0.05) is 6.92 Å². The summed E-state index contributed by atoms with van der Waals surface area (Å²) in [6, 6.07) is -0.368. The number of rotatable bonds is 0. The first-order chi connectivity index (χ1) is 6.89. The average molecular weight is 223 g/mol. The molecule has 1 saturated carbocycles. The van der Waals surface area contributed by atoms with E-state index in [4.69, 9.17) is 10.5 Å². The Kier molecular flexibility index (Phi) is 2.71. The lowest BCUT2D eigenvalue weighted by Crippen LogP contribution is -2.48. The van der Waals surface area contributed by atoms with Crippen LogP contribution < -0.4 is 5.73 Å². The van der Waals surface area contributed by atoms with Crippen molar-refractivity contribution in [2.75, 3.05) is 6.61 Å². The Labute approximate surface area is 87.0 Å². The van der Waals surface area contributed by atoms with Crippen LogP contribution in [0.5, 0.6) is 0 Å². The van der Waals surface area contributed by atoms with Crippen LogP contribution in [0.3, 0.4) is 0 Å². The van der Waals surface area contributed by atoms with Crippen LogP contribution in [0, 0.1) is 17.8 Å². The molecule has 1 aliphatic heterocycles. The first-order valence-corrected chi connectivity index (χ1v) is 5.33. The Morgan fingerprint density at radius 3 is 2.53 bits per heavy atom. The van der Waals surface area contributed by atoms with Crippen LogP contribution in [0.15, 0.2) is 0 Å². The number of hydrogen-bond acceptors (Lipinski definition) is 2. The summed E-state index contributed by atoms with van der Waals surface area (Å²) in [7, 11) is 0. The van der Waals surface area contributed by atoms with E-state index in [0.717, 1.165) is 0 Å². The van der Waals surface area contributed by atoms with Crippen LogP contribution in [-0.2, 0) is 4.74 Å². The van der Waals surface area contributed by atoms with E-state index in [-0.39, 0.29) is 30.9 Å². The minimum Gasteiger partial charge on any atom is -0.378 e. The molecule has 1 heterocycles. The van der Waals surface area contributed by atoms with Gasteiger partial charge in [0.2, 0.25) is 0 Å². The standard InChI is InChI=1S/C10H16F3NO/c1-5-4-15-8-3-6(10(11,12)13)2-7(14)9(5)8/h5-9H,2-4,14H2,1H3. The molecule has 2 fully saturated rings. The van der Waals surface area contributed by atoms with E-state index in [2.05, 4.69) is 0 Å². The summed E-state index contributed by atoms with van der Waals surface area (Å²) in [5.41, 5.74) is 5.82. The van der Waals surface area contributed by atoms with Crippen molar-refractivity contribution in [2.45, 2.75) is 38.1 Å². The van der Waals surface area contributed by atoms with Gasteiger partial charge in [-0.05, 0) is 18.8 Å². The molecule has 0 amide bonds. The molecule has 0 aromatic rings. The third-order valence-corrected chi connectivity index (χ3v) is 3.69. The molecule has 2 N–H and O–H groups in total. The van der Waals surface area contributed by atoms with E-state index in [1.807, 2.05) is 6.92 Å². The highest BCUT2D eigenvalue weighted by atomic mass is 19.4. The molecular weight excluding hydrogens is 207 g/mol. The van der Waals surface area contributed by atoms with Crippen molar-refractivity contribution in [3.05, 3.63) is 0 Å². The maximum Gasteiger partial charge on any atom is 0.391 e. The molecule has 5 heteroatoms. The smallest absolute Gasteiger partial charge is 0.378 e. The second-order valence-corrected chi connectivity index (χ2v) is 4.80. The van der Waals surface area contributed by atoms with Crippen molar-refractivity contribution in [1.82, 2.24) is 0 Å². The second-order valence-electron chi connectivity index (χ2n) is 4.80. The first kappa shape index (κ1) is 11.2. The summed E-state index contributed by atoms with van der Waals surface area (Å²) in [6.07, 6.45) is -4.27. The van der Waals surface area contributed by atoms with Gasteiger partial charge in [0, 0.05) is 18.6 Å². The molecule has 1 saturated heterocycles. The maximum absolute atomic E-state index is 12.6. The van der Waals surface area contributed by atoms with Gasteiger partial charge in [-0.15, -0.1) is 0 Å². The van der Waals surface area contributed by atoms with Gasteiger partial charge >= 0.3 is 6.18 Å². The molecule has 2 rings (SSSR count). The minimum absolute atomic E-state index is 0.0539. The average Bonchev–Trinajstić information content (AvgIpc) is 2.46. The van der Waals surface area contributed by atoms with Crippen LogP contribution in [-0.4, -0.2) is 24.9 Å². The maximum atomic E-state index is 12.6. The normalized spacial score (nSPS) is 46.6. The van der Waals surface area contributed by atoms with Crippen molar-refractivity contribution in [1.29, 1.82) is 0 Å². The highest BCUT2D eigenvalue weighted by Crippen LogP contribution is 2.44. The summed E-state index contributed by atoms with van der Waals surface area (Å²) >= 11 is 0. The molecule has 15 heavy (non-hydrogen) atoms. The van der Waals surface area contributed by atoms with Gasteiger partial charge in [-0.25, -0.2) is 0 Å². The summed E-state index contributed by atoms with van der Waals surface area (Å²) in [5, 5.41) is 0. The topological polar surface area (TPSA) is 35.2 Å². The summed E-state index contributed by atoms with van der Waals surface area (Å²) in [5.74, 6) is -0.873. The fraction of sp³-hybridized carbons (Fsp3) is 1.00. The lowest BCUT2D eigenvalue weighted by molar-refractivity contribution is -0.194. The lowest BCUT2D eigenvalue weighted by Gasteiger charge is -2.37. The Bertz CT molecular complexity index is 243. The molecule has 1 aliphatic carbocycles. The minimum atomic E-state index is -4.13. The zero-order valence-electron chi connectivity index (χ0n) is 8.63. The molecule has 0 radical (unpaired) electrons. The van der Waals surface area contributed by atoms with Gasteiger partial charge in [-0.2, -0.15) is 13.2 Å². The van der Waals surface area contributed by atoms with Gasteiger partial charge in [0.25, 0.3) is 0 Å². The number of halogens is 3. The Hall–Kier alpha value is -0.290. The highest BCUT2D eigenvalue weighted by Gasteiger charge is 2.51. The molecular formula is C10H16F3NO. The van der Waals surface area contributed by atoms with Gasteiger partial charge in [0.05, 0.1) is 12.0 Å². The summed E-state index contributed by atoms with van der Waals surface area (Å²) in [6.45, 7) is 2.55. The fourth-order valence-corrected chi connectivity index (χ4v) is 2.92. The van der Waals surface area contributed by atoms with Crippen LogP contribution in [0.2, 0.25) is 0 Å². The second kappa shape index (κ2) is 3.63. The number of ether oxygens (including phenoxy) is 1. The van der Waals surface area contributed by atoms with Crippen molar-refractivity contribution in [3.8, 4) is 0 Å². The van der Waals surface area contributed by atoms with Gasteiger partial charge in [0.15, 0.2) is 0 Å². The number of fused-ring (bicyclic) bond motifs is 1. The molecule has 88 valence electrons. The third kappa shape index (κ3) is 1.99. The van der Waals surface area contributed by atoms with Gasteiger partial charge in [-0.3, -0.25) is 0 Å². The Morgan fingerprint density at radius 2 is 1.93 bits per heavy atom. The van der Waals surface area contributed by atoms with E-state index in [1.165, 1.54) is 0 Å². The quantitative estimate of drug-likeness (QED) is 0.681. The predicted molar refractivity (Wildman–Crippen MR) is 49.1 cm³/mol. The highest BCUT2D eigenvalue weighted by molar-refractivity contribution is 4.96. The predicted octanol–water partition coefficient (Wildman–Crippen LogP) is 1.94. The fourth-order valence-electron chi connectivity index (χ4n) is 2.92. The van der Waals surface area contributed by atoms with Crippen molar-refractivity contribution >= 4 is 0 Å². The molecule has 5 unspecified atom stereocenters. The third-order valence-electron chi connectivity index (χ3n) is 3.69.